The smallest absolute Gasteiger partial charge is 0.228 e. The molecule has 0 aromatic heterocycles. The predicted octanol–water partition coefficient (Wildman–Crippen LogP) is 2.07. The molecule has 144 valence electrons. The molecule has 26 heavy (non-hydrogen) atoms. The van der Waals surface area contributed by atoms with Crippen LogP contribution in [0.4, 0.5) is 5.69 Å². The number of hydrogen-bond donors (Lipinski definition) is 1. The molecule has 1 N–H and O–H groups in total. The average molecular weight is 382 g/mol. The molecule has 1 unspecified atom stereocenters. The summed E-state index contributed by atoms with van der Waals surface area (Å²) in [6, 6.07) is 7.58. The van der Waals surface area contributed by atoms with Crippen LogP contribution in [0.2, 0.25) is 0 Å². The lowest BCUT2D eigenvalue weighted by Crippen LogP contribution is -2.48. The van der Waals surface area contributed by atoms with Gasteiger partial charge in [0.05, 0.1) is 12.5 Å². The van der Waals surface area contributed by atoms with Crippen molar-refractivity contribution in [2.24, 2.45) is 5.92 Å². The Bertz CT molecular complexity index is 603. The van der Waals surface area contributed by atoms with Gasteiger partial charge in [-0.15, -0.1) is 12.4 Å². The molecule has 2 saturated heterocycles. The largest absolute Gasteiger partial charge is 0.494 e. The SMILES string of the molecule is CCCCOc1ccc(N2CC(C(=O)N3CCNCC3)CC2=O)cc1.Cl. The topological polar surface area (TPSA) is 61.9 Å². The molecule has 7 heteroatoms. The van der Waals surface area contributed by atoms with Crippen LogP contribution in [-0.4, -0.2) is 56.0 Å². The number of hydrogen-bond acceptors (Lipinski definition) is 4. The minimum Gasteiger partial charge on any atom is -0.494 e. The van der Waals surface area contributed by atoms with Gasteiger partial charge in [0, 0.05) is 44.8 Å². The van der Waals surface area contributed by atoms with Crippen molar-refractivity contribution in [3.8, 4) is 5.75 Å². The summed E-state index contributed by atoms with van der Waals surface area (Å²) < 4.78 is 5.66. The van der Waals surface area contributed by atoms with Crippen molar-refractivity contribution in [3.63, 3.8) is 0 Å². The normalized spacial score (nSPS) is 20.0. The third kappa shape index (κ3) is 4.89. The molecule has 0 bridgehead atoms. The summed E-state index contributed by atoms with van der Waals surface area (Å²) in [5.41, 5.74) is 0.837. The second-order valence-electron chi connectivity index (χ2n) is 6.68. The Morgan fingerprint density at radius 1 is 1.23 bits per heavy atom. The van der Waals surface area contributed by atoms with E-state index in [2.05, 4.69) is 12.2 Å². The fraction of sp³-hybridized carbons (Fsp3) is 0.579. The molecule has 1 atom stereocenters. The van der Waals surface area contributed by atoms with Gasteiger partial charge in [0.1, 0.15) is 5.75 Å². The van der Waals surface area contributed by atoms with Gasteiger partial charge in [0.2, 0.25) is 11.8 Å². The molecule has 2 amide bonds. The minimum absolute atomic E-state index is 0. The number of amides is 2. The van der Waals surface area contributed by atoms with Crippen LogP contribution in [0.3, 0.4) is 0 Å². The molecule has 3 rings (SSSR count). The van der Waals surface area contributed by atoms with E-state index in [1.165, 1.54) is 0 Å². The third-order valence-electron chi connectivity index (χ3n) is 4.82. The number of nitrogens with zero attached hydrogens (tertiary/aromatic N) is 2. The first-order valence-electron chi connectivity index (χ1n) is 9.21. The minimum atomic E-state index is -0.230. The van der Waals surface area contributed by atoms with E-state index in [4.69, 9.17) is 4.74 Å². The van der Waals surface area contributed by atoms with Crippen molar-refractivity contribution < 1.29 is 14.3 Å². The van der Waals surface area contributed by atoms with Gasteiger partial charge in [-0.25, -0.2) is 0 Å². The third-order valence-corrected chi connectivity index (χ3v) is 4.82. The van der Waals surface area contributed by atoms with Gasteiger partial charge in [0.25, 0.3) is 0 Å². The highest BCUT2D eigenvalue weighted by atomic mass is 35.5. The lowest BCUT2D eigenvalue weighted by Gasteiger charge is -2.29. The molecular formula is C19H28ClN3O3. The van der Waals surface area contributed by atoms with Gasteiger partial charge < -0.3 is 19.9 Å². The van der Waals surface area contributed by atoms with E-state index in [0.29, 0.717) is 19.6 Å². The molecular weight excluding hydrogens is 354 g/mol. The number of ether oxygens (including phenoxy) is 1. The fourth-order valence-corrected chi connectivity index (χ4v) is 3.32. The lowest BCUT2D eigenvalue weighted by molar-refractivity contribution is -0.136. The van der Waals surface area contributed by atoms with Gasteiger partial charge in [-0.3, -0.25) is 9.59 Å². The monoisotopic (exact) mass is 381 g/mol. The van der Waals surface area contributed by atoms with Gasteiger partial charge in [-0.1, -0.05) is 13.3 Å². The number of rotatable bonds is 6. The number of carbonyl (C=O) groups excluding carboxylic acids is 2. The van der Waals surface area contributed by atoms with Crippen LogP contribution in [0.5, 0.6) is 5.75 Å². The number of unbranched alkanes of at least 4 members (excludes halogenated alkanes) is 1. The summed E-state index contributed by atoms with van der Waals surface area (Å²) in [6.07, 6.45) is 2.43. The average Bonchev–Trinajstić information content (AvgIpc) is 3.04. The summed E-state index contributed by atoms with van der Waals surface area (Å²) in [7, 11) is 0. The summed E-state index contributed by atoms with van der Waals surface area (Å²) in [5, 5.41) is 3.24. The molecule has 2 heterocycles. The van der Waals surface area contributed by atoms with Crippen LogP contribution >= 0.6 is 12.4 Å². The highest BCUT2D eigenvalue weighted by Crippen LogP contribution is 2.28. The van der Waals surface area contributed by atoms with Crippen molar-refractivity contribution in [3.05, 3.63) is 24.3 Å². The highest BCUT2D eigenvalue weighted by Gasteiger charge is 2.37. The lowest BCUT2D eigenvalue weighted by atomic mass is 10.1. The van der Waals surface area contributed by atoms with Gasteiger partial charge in [0.15, 0.2) is 0 Å². The van der Waals surface area contributed by atoms with Gasteiger partial charge >= 0.3 is 0 Å². The summed E-state index contributed by atoms with van der Waals surface area (Å²) in [5.74, 6) is 0.716. The molecule has 0 radical (unpaired) electrons. The number of piperazine rings is 1. The van der Waals surface area contributed by atoms with Crippen LogP contribution in [-0.2, 0) is 9.59 Å². The number of anilines is 1. The van der Waals surface area contributed by atoms with E-state index in [1.54, 1.807) is 4.90 Å². The molecule has 1 aromatic carbocycles. The second kappa shape index (κ2) is 9.78. The van der Waals surface area contributed by atoms with Crippen LogP contribution in [0.15, 0.2) is 24.3 Å². The van der Waals surface area contributed by atoms with Crippen LogP contribution in [0.25, 0.3) is 0 Å². The maximum atomic E-state index is 12.6. The van der Waals surface area contributed by atoms with Crippen molar-refractivity contribution >= 4 is 29.9 Å². The predicted molar refractivity (Wildman–Crippen MR) is 104 cm³/mol. The standard InChI is InChI=1S/C19H27N3O3.ClH/c1-2-3-12-25-17-6-4-16(5-7-17)22-14-15(13-18(22)23)19(24)21-10-8-20-9-11-21;/h4-7,15,20H,2-3,8-14H2,1H3;1H. The zero-order valence-electron chi connectivity index (χ0n) is 15.3. The second-order valence-corrected chi connectivity index (χ2v) is 6.68. The molecule has 0 spiro atoms. The van der Waals surface area contributed by atoms with Crippen molar-refractivity contribution in [1.82, 2.24) is 10.2 Å². The maximum Gasteiger partial charge on any atom is 0.228 e. The van der Waals surface area contributed by atoms with E-state index >= 15 is 0 Å². The van der Waals surface area contributed by atoms with Crippen LogP contribution < -0.4 is 15.0 Å². The molecule has 0 saturated carbocycles. The quantitative estimate of drug-likeness (QED) is 0.766. The highest BCUT2D eigenvalue weighted by molar-refractivity contribution is 6.00. The van der Waals surface area contributed by atoms with E-state index in [9.17, 15) is 9.59 Å². The van der Waals surface area contributed by atoms with E-state index in [-0.39, 0.29) is 30.1 Å². The summed E-state index contributed by atoms with van der Waals surface area (Å²) in [6.45, 7) is 6.42. The van der Waals surface area contributed by atoms with Crippen LogP contribution in [0.1, 0.15) is 26.2 Å². The molecule has 6 nitrogen and oxygen atoms in total. The van der Waals surface area contributed by atoms with Gasteiger partial charge in [-0.2, -0.15) is 0 Å². The van der Waals surface area contributed by atoms with E-state index < -0.39 is 0 Å². The number of benzene rings is 1. The molecule has 1 aromatic rings. The molecule has 2 aliphatic heterocycles. The molecule has 0 aliphatic carbocycles. The first-order valence-corrected chi connectivity index (χ1v) is 9.21. The number of carbonyl (C=O) groups is 2. The zero-order valence-corrected chi connectivity index (χ0v) is 16.1. The maximum absolute atomic E-state index is 12.6. The van der Waals surface area contributed by atoms with E-state index in [1.807, 2.05) is 29.2 Å². The Morgan fingerprint density at radius 3 is 2.58 bits per heavy atom. The van der Waals surface area contributed by atoms with Gasteiger partial charge in [-0.05, 0) is 30.7 Å². The Morgan fingerprint density at radius 2 is 1.92 bits per heavy atom. The van der Waals surface area contributed by atoms with Crippen molar-refractivity contribution in [2.75, 3.05) is 44.2 Å². The fourth-order valence-electron chi connectivity index (χ4n) is 3.32. The Balaban J connectivity index is 0.00000243. The summed E-state index contributed by atoms with van der Waals surface area (Å²) in [4.78, 5) is 28.6. The number of nitrogens with one attached hydrogen (secondary N) is 1. The summed E-state index contributed by atoms with van der Waals surface area (Å²) >= 11 is 0. The van der Waals surface area contributed by atoms with Crippen LogP contribution in [0, 0.1) is 5.92 Å². The van der Waals surface area contributed by atoms with E-state index in [0.717, 1.165) is 50.5 Å². The Kier molecular flexibility index (Phi) is 7.72. The zero-order chi connectivity index (χ0) is 17.6. The van der Waals surface area contributed by atoms with Crippen molar-refractivity contribution in [2.45, 2.75) is 26.2 Å². The first-order chi connectivity index (χ1) is 12.2. The Labute approximate surface area is 161 Å². The van der Waals surface area contributed by atoms with Crippen molar-refractivity contribution in [1.29, 1.82) is 0 Å². The molecule has 2 aliphatic rings. The molecule has 2 fully saturated rings. The Hall–Kier alpha value is -1.79. The first kappa shape index (κ1) is 20.5. The number of halogens is 1.